The fourth-order valence-electron chi connectivity index (χ4n) is 2.41. The van der Waals surface area contributed by atoms with Crippen LogP contribution in [0.1, 0.15) is 36.7 Å². The number of alkyl halides is 3. The first-order chi connectivity index (χ1) is 11.8. The summed E-state index contributed by atoms with van der Waals surface area (Å²) in [5.74, 6) is 0.454. The van der Waals surface area contributed by atoms with Gasteiger partial charge in [0.25, 0.3) is 0 Å². The molecule has 5 nitrogen and oxygen atoms in total. The standard InChI is InChI=1S/C17H22F3N5.HI/c1-4-21-16(23-12(2)13-8-6-5-7-9-13)22-10-14-11-25(3)24-15(14)17(18,19)20;/h5-9,11-12H,4,10H2,1-3H3,(H2,21,22,23);1H. The summed E-state index contributed by atoms with van der Waals surface area (Å²) < 4.78 is 40.2. The van der Waals surface area contributed by atoms with Crippen molar-refractivity contribution in [2.45, 2.75) is 32.6 Å². The lowest BCUT2D eigenvalue weighted by Gasteiger charge is -2.18. The molecule has 1 atom stereocenters. The maximum absolute atomic E-state index is 13.0. The minimum absolute atomic E-state index is 0. The van der Waals surface area contributed by atoms with Crippen LogP contribution in [0.25, 0.3) is 0 Å². The van der Waals surface area contributed by atoms with Gasteiger partial charge in [-0.25, -0.2) is 4.99 Å². The van der Waals surface area contributed by atoms with E-state index in [1.807, 2.05) is 44.2 Å². The number of aliphatic imine (C=N–C) groups is 1. The van der Waals surface area contributed by atoms with Gasteiger partial charge in [-0.05, 0) is 19.4 Å². The largest absolute Gasteiger partial charge is 0.435 e. The van der Waals surface area contributed by atoms with Gasteiger partial charge in [-0.2, -0.15) is 18.3 Å². The zero-order valence-electron chi connectivity index (χ0n) is 14.8. The number of hydrogen-bond acceptors (Lipinski definition) is 2. The molecule has 1 aromatic carbocycles. The number of nitrogens with zero attached hydrogens (tertiary/aromatic N) is 3. The SMILES string of the molecule is CCNC(=NCc1cn(C)nc1C(F)(F)F)NC(C)c1ccccc1.I. The molecule has 2 N–H and O–H groups in total. The molecule has 2 rings (SSSR count). The molecule has 0 spiro atoms. The van der Waals surface area contributed by atoms with Crippen LogP contribution >= 0.6 is 24.0 Å². The summed E-state index contributed by atoms with van der Waals surface area (Å²) in [5, 5.41) is 9.74. The minimum atomic E-state index is -4.49. The third-order valence-corrected chi connectivity index (χ3v) is 3.58. The molecule has 9 heteroatoms. The maximum atomic E-state index is 13.0. The summed E-state index contributed by atoms with van der Waals surface area (Å²) in [6.45, 7) is 4.36. The third-order valence-electron chi connectivity index (χ3n) is 3.58. The number of guanidine groups is 1. The number of aromatic nitrogens is 2. The average Bonchev–Trinajstić information content (AvgIpc) is 2.95. The Morgan fingerprint density at radius 1 is 1.27 bits per heavy atom. The summed E-state index contributed by atoms with van der Waals surface area (Å²) in [5.41, 5.74) is 0.204. The highest BCUT2D eigenvalue weighted by Crippen LogP contribution is 2.30. The first kappa shape index (κ1) is 22.3. The number of hydrogen-bond donors (Lipinski definition) is 2. The Labute approximate surface area is 168 Å². The number of aryl methyl sites for hydroxylation is 1. The first-order valence-corrected chi connectivity index (χ1v) is 8.00. The van der Waals surface area contributed by atoms with Crippen molar-refractivity contribution in [3.05, 3.63) is 53.3 Å². The first-order valence-electron chi connectivity index (χ1n) is 8.00. The molecule has 1 aromatic heterocycles. The van der Waals surface area contributed by atoms with Gasteiger partial charge in [-0.15, -0.1) is 24.0 Å². The fraction of sp³-hybridized carbons (Fsp3) is 0.412. The predicted molar refractivity (Wildman–Crippen MR) is 106 cm³/mol. The zero-order chi connectivity index (χ0) is 18.4. The Hall–Kier alpha value is -1.78. The Morgan fingerprint density at radius 2 is 1.92 bits per heavy atom. The van der Waals surface area contributed by atoms with Crippen LogP contribution in [0.2, 0.25) is 0 Å². The van der Waals surface area contributed by atoms with E-state index in [4.69, 9.17) is 0 Å². The second-order valence-electron chi connectivity index (χ2n) is 5.65. The summed E-state index contributed by atoms with van der Waals surface area (Å²) >= 11 is 0. The quantitative estimate of drug-likeness (QED) is 0.388. The van der Waals surface area contributed by atoms with Crippen molar-refractivity contribution in [2.75, 3.05) is 6.54 Å². The van der Waals surface area contributed by atoms with E-state index in [1.165, 1.54) is 13.2 Å². The number of halogens is 4. The van der Waals surface area contributed by atoms with Crippen LogP contribution in [0.3, 0.4) is 0 Å². The average molecular weight is 481 g/mol. The van der Waals surface area contributed by atoms with E-state index in [0.717, 1.165) is 10.2 Å². The van der Waals surface area contributed by atoms with E-state index in [2.05, 4.69) is 20.7 Å². The number of rotatable bonds is 5. The van der Waals surface area contributed by atoms with E-state index in [-0.39, 0.29) is 42.1 Å². The molecule has 144 valence electrons. The van der Waals surface area contributed by atoms with E-state index >= 15 is 0 Å². The van der Waals surface area contributed by atoms with Gasteiger partial charge in [0.2, 0.25) is 0 Å². The second-order valence-corrected chi connectivity index (χ2v) is 5.65. The third kappa shape index (κ3) is 6.19. The molecule has 0 saturated heterocycles. The van der Waals surface area contributed by atoms with Crippen LogP contribution in [-0.2, 0) is 19.8 Å². The summed E-state index contributed by atoms with van der Waals surface area (Å²) in [6.07, 6.45) is -3.15. The Morgan fingerprint density at radius 3 is 2.50 bits per heavy atom. The molecule has 0 saturated carbocycles. The molecule has 0 aliphatic rings. The molecule has 1 heterocycles. The topological polar surface area (TPSA) is 54.2 Å². The minimum Gasteiger partial charge on any atom is -0.357 e. The molecule has 0 radical (unpaired) electrons. The molecule has 0 aliphatic carbocycles. The van der Waals surface area contributed by atoms with Gasteiger partial charge >= 0.3 is 6.18 Å². The summed E-state index contributed by atoms with van der Waals surface area (Å²) in [7, 11) is 1.46. The second kappa shape index (κ2) is 9.79. The number of nitrogens with one attached hydrogen (secondary N) is 2. The van der Waals surface area contributed by atoms with Gasteiger partial charge in [-0.1, -0.05) is 30.3 Å². The molecule has 0 fully saturated rings. The van der Waals surface area contributed by atoms with E-state index in [9.17, 15) is 13.2 Å². The van der Waals surface area contributed by atoms with Crippen LogP contribution in [0.4, 0.5) is 13.2 Å². The summed E-state index contributed by atoms with van der Waals surface area (Å²) in [6, 6.07) is 9.71. The van der Waals surface area contributed by atoms with Gasteiger partial charge in [0.15, 0.2) is 11.7 Å². The van der Waals surface area contributed by atoms with Gasteiger partial charge in [0.05, 0.1) is 12.6 Å². The predicted octanol–water partition coefficient (Wildman–Crippen LogP) is 3.87. The molecule has 0 amide bonds. The highest BCUT2D eigenvalue weighted by atomic mass is 127. The molecular weight excluding hydrogens is 458 g/mol. The Bertz CT molecular complexity index is 713. The molecule has 0 aliphatic heterocycles. The van der Waals surface area contributed by atoms with Gasteiger partial charge in [-0.3, -0.25) is 4.68 Å². The smallest absolute Gasteiger partial charge is 0.357 e. The lowest BCUT2D eigenvalue weighted by atomic mass is 10.1. The maximum Gasteiger partial charge on any atom is 0.435 e. The highest BCUT2D eigenvalue weighted by Gasteiger charge is 2.36. The van der Waals surface area contributed by atoms with E-state index in [0.29, 0.717) is 12.5 Å². The van der Waals surface area contributed by atoms with Gasteiger partial charge in [0.1, 0.15) is 0 Å². The van der Waals surface area contributed by atoms with Crippen molar-refractivity contribution in [2.24, 2.45) is 12.0 Å². The molecule has 2 aromatic rings. The van der Waals surface area contributed by atoms with Gasteiger partial charge < -0.3 is 10.6 Å². The fourth-order valence-corrected chi connectivity index (χ4v) is 2.41. The molecule has 1 unspecified atom stereocenters. The normalized spacial score (nSPS) is 13.1. The molecule has 26 heavy (non-hydrogen) atoms. The van der Waals surface area contributed by atoms with Crippen LogP contribution in [0.5, 0.6) is 0 Å². The Balaban J connectivity index is 0.00000338. The zero-order valence-corrected chi connectivity index (χ0v) is 17.2. The lowest BCUT2D eigenvalue weighted by Crippen LogP contribution is -2.38. The molecular formula is C17H23F3IN5. The van der Waals surface area contributed by atoms with Crippen molar-refractivity contribution in [1.29, 1.82) is 0 Å². The molecule has 0 bridgehead atoms. The number of benzene rings is 1. The van der Waals surface area contributed by atoms with Crippen molar-refractivity contribution >= 4 is 29.9 Å². The monoisotopic (exact) mass is 481 g/mol. The van der Waals surface area contributed by atoms with Crippen LogP contribution in [0, 0.1) is 0 Å². The van der Waals surface area contributed by atoms with Crippen LogP contribution < -0.4 is 10.6 Å². The van der Waals surface area contributed by atoms with E-state index in [1.54, 1.807) is 0 Å². The van der Waals surface area contributed by atoms with Crippen LogP contribution in [-0.4, -0.2) is 22.3 Å². The van der Waals surface area contributed by atoms with Crippen molar-refractivity contribution in [1.82, 2.24) is 20.4 Å². The van der Waals surface area contributed by atoms with E-state index < -0.39 is 11.9 Å². The highest BCUT2D eigenvalue weighted by molar-refractivity contribution is 14.0. The Kier molecular flexibility index (Phi) is 8.38. The van der Waals surface area contributed by atoms with Crippen molar-refractivity contribution in [3.63, 3.8) is 0 Å². The lowest BCUT2D eigenvalue weighted by molar-refractivity contribution is -0.142. The van der Waals surface area contributed by atoms with Crippen LogP contribution in [0.15, 0.2) is 41.5 Å². The van der Waals surface area contributed by atoms with Gasteiger partial charge in [0, 0.05) is 25.4 Å². The van der Waals surface area contributed by atoms with Crippen molar-refractivity contribution < 1.29 is 13.2 Å². The van der Waals surface area contributed by atoms with Crippen molar-refractivity contribution in [3.8, 4) is 0 Å². The summed E-state index contributed by atoms with van der Waals surface area (Å²) in [4.78, 5) is 4.28.